The highest BCUT2D eigenvalue weighted by atomic mass is 16.5. The molecule has 0 spiro atoms. The van der Waals surface area contributed by atoms with E-state index in [1.54, 1.807) is 7.11 Å². The lowest BCUT2D eigenvalue weighted by molar-refractivity contribution is 0.415. The Morgan fingerprint density at radius 1 is 1.44 bits per heavy atom. The van der Waals surface area contributed by atoms with Crippen molar-refractivity contribution < 1.29 is 4.74 Å². The predicted molar refractivity (Wildman–Crippen MR) is 65.8 cm³/mol. The normalized spacial score (nSPS) is 9.94. The maximum Gasteiger partial charge on any atom is 0.142 e. The number of benzene rings is 1. The molecule has 0 bridgehead atoms. The minimum absolute atomic E-state index is 0.488. The first-order valence-electron chi connectivity index (χ1n) is 5.47. The highest BCUT2D eigenvalue weighted by Crippen LogP contribution is 2.28. The van der Waals surface area contributed by atoms with Crippen LogP contribution in [0.3, 0.4) is 0 Å². The van der Waals surface area contributed by atoms with Crippen LogP contribution in [-0.2, 0) is 0 Å². The van der Waals surface area contributed by atoms with E-state index in [0.717, 1.165) is 11.4 Å². The molecule has 1 N–H and O–H groups in total. The average Bonchev–Trinajstić information content (AvgIpc) is 2.29. The maximum atomic E-state index is 8.47. The van der Waals surface area contributed by atoms with Crippen LogP contribution in [0.1, 0.15) is 31.7 Å². The number of ether oxygens (including phenoxy) is 1. The van der Waals surface area contributed by atoms with Crippen LogP contribution in [0.2, 0.25) is 0 Å². The fourth-order valence-corrected chi connectivity index (χ4v) is 1.47. The molecule has 1 aromatic rings. The third-order valence-corrected chi connectivity index (χ3v) is 2.44. The molecule has 0 heterocycles. The first-order chi connectivity index (χ1) is 7.69. The zero-order valence-electron chi connectivity index (χ0n) is 10.1. The van der Waals surface area contributed by atoms with Gasteiger partial charge in [0.2, 0.25) is 0 Å². The number of nitrogens with zero attached hydrogens (tertiary/aromatic N) is 1. The van der Waals surface area contributed by atoms with Gasteiger partial charge in [-0.25, -0.2) is 0 Å². The molecule has 0 radical (unpaired) electrons. The summed E-state index contributed by atoms with van der Waals surface area (Å²) in [5.41, 5.74) is 2.20. The topological polar surface area (TPSA) is 45.0 Å². The van der Waals surface area contributed by atoms with Gasteiger partial charge in [-0.15, -0.1) is 0 Å². The molecule has 86 valence electrons. The van der Waals surface area contributed by atoms with Crippen molar-refractivity contribution in [2.24, 2.45) is 0 Å². The number of hydrogen-bond donors (Lipinski definition) is 1. The lowest BCUT2D eigenvalue weighted by Crippen LogP contribution is -2.03. The zero-order chi connectivity index (χ0) is 12.0. The fraction of sp³-hybridized carbons (Fsp3) is 0.462. The SMILES string of the molecule is COc1cc(C(C)C)ccc1NCCC#N. The summed E-state index contributed by atoms with van der Waals surface area (Å²) in [6.45, 7) is 4.95. The average molecular weight is 218 g/mol. The van der Waals surface area contributed by atoms with Crippen molar-refractivity contribution in [3.05, 3.63) is 23.8 Å². The minimum Gasteiger partial charge on any atom is -0.495 e. The van der Waals surface area contributed by atoms with E-state index in [1.165, 1.54) is 5.56 Å². The molecule has 0 saturated heterocycles. The predicted octanol–water partition coefficient (Wildman–Crippen LogP) is 3.14. The summed E-state index contributed by atoms with van der Waals surface area (Å²) in [5.74, 6) is 1.33. The van der Waals surface area contributed by atoms with E-state index in [9.17, 15) is 0 Å². The molecule has 0 saturated carbocycles. The van der Waals surface area contributed by atoms with Gasteiger partial charge in [0.05, 0.1) is 25.3 Å². The van der Waals surface area contributed by atoms with Crippen LogP contribution in [0.5, 0.6) is 5.75 Å². The van der Waals surface area contributed by atoms with Crippen molar-refractivity contribution in [1.82, 2.24) is 0 Å². The first kappa shape index (κ1) is 12.4. The van der Waals surface area contributed by atoms with Crippen LogP contribution < -0.4 is 10.1 Å². The molecular formula is C13H18N2O. The summed E-state index contributed by atoms with van der Waals surface area (Å²) in [6.07, 6.45) is 0.495. The standard InChI is InChI=1S/C13H18N2O/c1-10(2)11-5-6-12(13(9-11)16-3)15-8-4-7-14/h5-6,9-10,15H,4,8H2,1-3H3. The van der Waals surface area contributed by atoms with Crippen molar-refractivity contribution in [1.29, 1.82) is 5.26 Å². The number of nitrogens with one attached hydrogen (secondary N) is 1. The van der Waals surface area contributed by atoms with Crippen LogP contribution >= 0.6 is 0 Å². The van der Waals surface area contributed by atoms with Crippen molar-refractivity contribution >= 4 is 5.69 Å². The molecule has 3 heteroatoms. The van der Waals surface area contributed by atoms with E-state index in [2.05, 4.69) is 31.3 Å². The number of hydrogen-bond acceptors (Lipinski definition) is 3. The molecule has 0 atom stereocenters. The van der Waals surface area contributed by atoms with Crippen LogP contribution in [-0.4, -0.2) is 13.7 Å². The highest BCUT2D eigenvalue weighted by molar-refractivity contribution is 5.58. The molecule has 3 nitrogen and oxygen atoms in total. The minimum atomic E-state index is 0.488. The van der Waals surface area contributed by atoms with Gasteiger partial charge in [0.15, 0.2) is 0 Å². The third-order valence-electron chi connectivity index (χ3n) is 2.44. The fourth-order valence-electron chi connectivity index (χ4n) is 1.47. The van der Waals surface area contributed by atoms with E-state index in [4.69, 9.17) is 10.00 Å². The molecule has 0 aliphatic carbocycles. The Kier molecular flexibility index (Phi) is 4.65. The van der Waals surface area contributed by atoms with Crippen molar-refractivity contribution in [3.8, 4) is 11.8 Å². The second kappa shape index (κ2) is 6.02. The van der Waals surface area contributed by atoms with Crippen LogP contribution in [0.15, 0.2) is 18.2 Å². The van der Waals surface area contributed by atoms with E-state index in [0.29, 0.717) is 18.9 Å². The molecule has 0 aliphatic rings. The molecule has 1 aromatic carbocycles. The summed E-state index contributed by atoms with van der Waals surface area (Å²) < 4.78 is 5.32. The van der Waals surface area contributed by atoms with Crippen molar-refractivity contribution in [3.63, 3.8) is 0 Å². The second-order valence-corrected chi connectivity index (χ2v) is 3.95. The third kappa shape index (κ3) is 3.16. The van der Waals surface area contributed by atoms with E-state index >= 15 is 0 Å². The van der Waals surface area contributed by atoms with Gasteiger partial charge < -0.3 is 10.1 Å². The summed E-state index contributed by atoms with van der Waals surface area (Å²) in [4.78, 5) is 0. The van der Waals surface area contributed by atoms with Crippen LogP contribution in [0, 0.1) is 11.3 Å². The molecule has 16 heavy (non-hydrogen) atoms. The Morgan fingerprint density at radius 3 is 2.75 bits per heavy atom. The van der Waals surface area contributed by atoms with Crippen molar-refractivity contribution in [2.45, 2.75) is 26.2 Å². The van der Waals surface area contributed by atoms with Gasteiger partial charge in [-0.3, -0.25) is 0 Å². The first-order valence-corrected chi connectivity index (χ1v) is 5.47. The Balaban J connectivity index is 2.81. The van der Waals surface area contributed by atoms with Crippen LogP contribution in [0.4, 0.5) is 5.69 Å². The number of rotatable bonds is 5. The Labute approximate surface area is 97.0 Å². The Bertz CT molecular complexity index is 380. The second-order valence-electron chi connectivity index (χ2n) is 3.95. The van der Waals surface area contributed by atoms with Gasteiger partial charge in [-0.05, 0) is 23.6 Å². The van der Waals surface area contributed by atoms with Gasteiger partial charge in [-0.1, -0.05) is 19.9 Å². The molecule has 0 amide bonds. The summed E-state index contributed by atoms with van der Waals surface area (Å²) in [6, 6.07) is 8.23. The van der Waals surface area contributed by atoms with Gasteiger partial charge >= 0.3 is 0 Å². The lowest BCUT2D eigenvalue weighted by Gasteiger charge is -2.13. The Morgan fingerprint density at radius 2 is 2.19 bits per heavy atom. The van der Waals surface area contributed by atoms with Gasteiger partial charge in [0.1, 0.15) is 5.75 Å². The van der Waals surface area contributed by atoms with Gasteiger partial charge in [0, 0.05) is 6.54 Å². The smallest absolute Gasteiger partial charge is 0.142 e. The molecule has 0 aromatic heterocycles. The van der Waals surface area contributed by atoms with Gasteiger partial charge in [0.25, 0.3) is 0 Å². The Hall–Kier alpha value is -1.69. The molecule has 1 rings (SSSR count). The summed E-state index contributed by atoms with van der Waals surface area (Å²) in [5, 5.41) is 11.7. The number of methoxy groups -OCH3 is 1. The summed E-state index contributed by atoms with van der Waals surface area (Å²) in [7, 11) is 1.66. The molecular weight excluding hydrogens is 200 g/mol. The zero-order valence-corrected chi connectivity index (χ0v) is 10.1. The highest BCUT2D eigenvalue weighted by Gasteiger charge is 2.06. The van der Waals surface area contributed by atoms with E-state index in [-0.39, 0.29) is 0 Å². The maximum absolute atomic E-state index is 8.47. The molecule has 0 fully saturated rings. The number of nitriles is 1. The van der Waals surface area contributed by atoms with Crippen LogP contribution in [0.25, 0.3) is 0 Å². The summed E-state index contributed by atoms with van der Waals surface area (Å²) >= 11 is 0. The quantitative estimate of drug-likeness (QED) is 0.772. The lowest BCUT2D eigenvalue weighted by atomic mass is 10.0. The molecule has 0 unspecified atom stereocenters. The van der Waals surface area contributed by atoms with Crippen molar-refractivity contribution in [2.75, 3.05) is 19.0 Å². The largest absolute Gasteiger partial charge is 0.495 e. The molecule has 0 aliphatic heterocycles. The van der Waals surface area contributed by atoms with Gasteiger partial charge in [-0.2, -0.15) is 5.26 Å². The van der Waals surface area contributed by atoms with E-state index < -0.39 is 0 Å². The monoisotopic (exact) mass is 218 g/mol. The number of anilines is 1. The van der Waals surface area contributed by atoms with E-state index in [1.807, 2.05) is 12.1 Å².